The molecule has 0 unspecified atom stereocenters. The van der Waals surface area contributed by atoms with Crippen LogP contribution in [0.3, 0.4) is 0 Å². The molecule has 1 aliphatic rings. The molecule has 0 aromatic heterocycles. The van der Waals surface area contributed by atoms with Gasteiger partial charge in [-0.1, -0.05) is 25.5 Å². The molecule has 0 radical (unpaired) electrons. The standard InChI is InChI=1S/C17H27N3O/c1-2-13-5-9-16(10-6-13)20(12-17(19)21)11-14-3-7-15(18)8-4-14/h3-4,7-8,13,16H,2,5-6,9-12,18H2,1H3,(H2,19,21). The van der Waals surface area contributed by atoms with Gasteiger partial charge in [-0.25, -0.2) is 0 Å². The van der Waals surface area contributed by atoms with Gasteiger partial charge < -0.3 is 11.5 Å². The van der Waals surface area contributed by atoms with Crippen molar-refractivity contribution in [3.8, 4) is 0 Å². The minimum absolute atomic E-state index is 0.247. The summed E-state index contributed by atoms with van der Waals surface area (Å²) in [6, 6.07) is 8.34. The second-order valence-corrected chi connectivity index (χ2v) is 6.20. The summed E-state index contributed by atoms with van der Waals surface area (Å²) in [5, 5.41) is 0. The number of rotatable bonds is 6. The zero-order chi connectivity index (χ0) is 15.2. The van der Waals surface area contributed by atoms with Gasteiger partial charge in [-0.3, -0.25) is 9.69 Å². The van der Waals surface area contributed by atoms with Crippen molar-refractivity contribution in [2.24, 2.45) is 11.7 Å². The predicted molar refractivity (Wildman–Crippen MR) is 86.5 cm³/mol. The molecule has 1 aliphatic carbocycles. The van der Waals surface area contributed by atoms with Crippen molar-refractivity contribution in [2.75, 3.05) is 12.3 Å². The van der Waals surface area contributed by atoms with Crippen molar-refractivity contribution < 1.29 is 4.79 Å². The maximum Gasteiger partial charge on any atom is 0.231 e. The molecule has 2 rings (SSSR count). The highest BCUT2D eigenvalue weighted by molar-refractivity contribution is 5.76. The molecular weight excluding hydrogens is 262 g/mol. The fourth-order valence-corrected chi connectivity index (χ4v) is 3.29. The van der Waals surface area contributed by atoms with E-state index in [4.69, 9.17) is 11.5 Å². The number of primary amides is 1. The lowest BCUT2D eigenvalue weighted by Crippen LogP contribution is -2.42. The number of hydrogen-bond donors (Lipinski definition) is 2. The molecule has 21 heavy (non-hydrogen) atoms. The molecule has 0 heterocycles. The average Bonchev–Trinajstić information content (AvgIpc) is 2.48. The fourth-order valence-electron chi connectivity index (χ4n) is 3.29. The lowest BCUT2D eigenvalue weighted by Gasteiger charge is -2.36. The van der Waals surface area contributed by atoms with Gasteiger partial charge in [-0.15, -0.1) is 0 Å². The number of anilines is 1. The Morgan fingerprint density at radius 1 is 1.19 bits per heavy atom. The van der Waals surface area contributed by atoms with Crippen LogP contribution in [0.5, 0.6) is 0 Å². The summed E-state index contributed by atoms with van der Waals surface area (Å²) < 4.78 is 0. The van der Waals surface area contributed by atoms with Gasteiger partial charge in [0.05, 0.1) is 6.54 Å². The quantitative estimate of drug-likeness (QED) is 0.790. The van der Waals surface area contributed by atoms with E-state index in [9.17, 15) is 4.79 Å². The van der Waals surface area contributed by atoms with Crippen molar-refractivity contribution in [3.05, 3.63) is 29.8 Å². The Labute approximate surface area is 127 Å². The SMILES string of the molecule is CCC1CCC(N(CC(N)=O)Cc2ccc(N)cc2)CC1. The molecule has 0 spiro atoms. The number of nitrogens with two attached hydrogens (primary N) is 2. The van der Waals surface area contributed by atoms with E-state index in [2.05, 4.69) is 11.8 Å². The first-order chi connectivity index (χ1) is 10.1. The molecule has 1 aromatic carbocycles. The molecule has 0 aliphatic heterocycles. The topological polar surface area (TPSA) is 72.3 Å². The second-order valence-electron chi connectivity index (χ2n) is 6.20. The lowest BCUT2D eigenvalue weighted by molar-refractivity contribution is -0.120. The van der Waals surface area contributed by atoms with Crippen LogP contribution in [0.15, 0.2) is 24.3 Å². The van der Waals surface area contributed by atoms with E-state index in [-0.39, 0.29) is 5.91 Å². The van der Waals surface area contributed by atoms with Gasteiger partial charge in [0.15, 0.2) is 0 Å². The number of amides is 1. The Morgan fingerprint density at radius 2 is 1.81 bits per heavy atom. The summed E-state index contributed by atoms with van der Waals surface area (Å²) in [7, 11) is 0. The van der Waals surface area contributed by atoms with Crippen LogP contribution >= 0.6 is 0 Å². The molecule has 4 N–H and O–H groups in total. The van der Waals surface area contributed by atoms with Gasteiger partial charge in [-0.05, 0) is 49.3 Å². The number of carbonyl (C=O) groups excluding carboxylic acids is 1. The van der Waals surface area contributed by atoms with E-state index in [1.165, 1.54) is 37.7 Å². The molecule has 1 saturated carbocycles. The third-order valence-corrected chi connectivity index (χ3v) is 4.63. The smallest absolute Gasteiger partial charge is 0.231 e. The van der Waals surface area contributed by atoms with Crippen molar-refractivity contribution in [1.29, 1.82) is 0 Å². The molecular formula is C17H27N3O. The van der Waals surface area contributed by atoms with Crippen LogP contribution < -0.4 is 11.5 Å². The molecule has 1 aromatic rings. The van der Waals surface area contributed by atoms with Crippen LogP contribution in [-0.4, -0.2) is 23.4 Å². The predicted octanol–water partition coefficient (Wildman–Crippen LogP) is 2.52. The van der Waals surface area contributed by atoms with Gasteiger partial charge in [-0.2, -0.15) is 0 Å². The Balaban J connectivity index is 2.00. The van der Waals surface area contributed by atoms with E-state index in [0.717, 1.165) is 18.2 Å². The van der Waals surface area contributed by atoms with E-state index >= 15 is 0 Å². The largest absolute Gasteiger partial charge is 0.399 e. The first kappa shape index (κ1) is 15.8. The minimum Gasteiger partial charge on any atom is -0.399 e. The Kier molecular flexibility index (Phi) is 5.62. The summed E-state index contributed by atoms with van der Waals surface area (Å²) in [4.78, 5) is 13.6. The maximum absolute atomic E-state index is 11.4. The van der Waals surface area contributed by atoms with Crippen LogP contribution in [0, 0.1) is 5.92 Å². The second kappa shape index (κ2) is 7.46. The van der Waals surface area contributed by atoms with Crippen molar-refractivity contribution in [1.82, 2.24) is 4.90 Å². The first-order valence-corrected chi connectivity index (χ1v) is 7.95. The average molecular weight is 289 g/mol. The molecule has 4 heteroatoms. The van der Waals surface area contributed by atoms with Crippen LogP contribution in [-0.2, 0) is 11.3 Å². The van der Waals surface area contributed by atoms with Gasteiger partial charge in [0.25, 0.3) is 0 Å². The summed E-state index contributed by atoms with van der Waals surface area (Å²) in [6.07, 6.45) is 6.12. The monoisotopic (exact) mass is 289 g/mol. The first-order valence-electron chi connectivity index (χ1n) is 7.95. The Morgan fingerprint density at radius 3 is 2.33 bits per heavy atom. The highest BCUT2D eigenvalue weighted by Gasteiger charge is 2.26. The van der Waals surface area contributed by atoms with E-state index < -0.39 is 0 Å². The molecule has 0 atom stereocenters. The number of hydrogen-bond acceptors (Lipinski definition) is 3. The van der Waals surface area contributed by atoms with Crippen LogP contribution in [0.25, 0.3) is 0 Å². The Hall–Kier alpha value is -1.55. The van der Waals surface area contributed by atoms with Gasteiger partial charge in [0.1, 0.15) is 0 Å². The molecule has 116 valence electrons. The lowest BCUT2D eigenvalue weighted by atomic mass is 9.84. The minimum atomic E-state index is -0.247. The summed E-state index contributed by atoms with van der Waals surface area (Å²) >= 11 is 0. The zero-order valence-electron chi connectivity index (χ0n) is 12.9. The van der Waals surface area contributed by atoms with E-state index in [1.54, 1.807) is 0 Å². The maximum atomic E-state index is 11.4. The molecule has 0 bridgehead atoms. The van der Waals surface area contributed by atoms with Crippen LogP contribution in [0.1, 0.15) is 44.6 Å². The Bertz CT molecular complexity index is 450. The summed E-state index contributed by atoms with van der Waals surface area (Å²) in [5.74, 6) is 0.608. The molecule has 4 nitrogen and oxygen atoms in total. The number of carbonyl (C=O) groups is 1. The van der Waals surface area contributed by atoms with Crippen molar-refractivity contribution in [3.63, 3.8) is 0 Å². The van der Waals surface area contributed by atoms with Crippen LogP contribution in [0.4, 0.5) is 5.69 Å². The van der Waals surface area contributed by atoms with Crippen molar-refractivity contribution in [2.45, 2.75) is 51.6 Å². The highest BCUT2D eigenvalue weighted by atomic mass is 16.1. The fraction of sp³-hybridized carbons (Fsp3) is 0.588. The third-order valence-electron chi connectivity index (χ3n) is 4.63. The third kappa shape index (κ3) is 4.74. The summed E-state index contributed by atoms with van der Waals surface area (Å²) in [6.45, 7) is 3.37. The molecule has 1 fully saturated rings. The molecule has 0 saturated heterocycles. The van der Waals surface area contributed by atoms with Gasteiger partial charge >= 0.3 is 0 Å². The summed E-state index contributed by atoms with van der Waals surface area (Å²) in [5.41, 5.74) is 13.1. The number of nitrogen functional groups attached to an aromatic ring is 1. The van der Waals surface area contributed by atoms with E-state index in [0.29, 0.717) is 12.6 Å². The van der Waals surface area contributed by atoms with Crippen molar-refractivity contribution >= 4 is 11.6 Å². The highest BCUT2D eigenvalue weighted by Crippen LogP contribution is 2.30. The van der Waals surface area contributed by atoms with Gasteiger partial charge in [0, 0.05) is 18.3 Å². The normalized spacial score (nSPS) is 22.4. The zero-order valence-corrected chi connectivity index (χ0v) is 12.9. The van der Waals surface area contributed by atoms with Gasteiger partial charge in [0.2, 0.25) is 5.91 Å². The molecule has 1 amide bonds. The number of benzene rings is 1. The number of nitrogens with zero attached hydrogens (tertiary/aromatic N) is 1. The van der Waals surface area contributed by atoms with E-state index in [1.807, 2.05) is 24.3 Å². The van der Waals surface area contributed by atoms with Crippen LogP contribution in [0.2, 0.25) is 0 Å².